The van der Waals surface area contributed by atoms with E-state index in [4.69, 9.17) is 15.2 Å². The molecule has 0 bridgehead atoms. The molecule has 76 heavy (non-hydrogen) atoms. The molecule has 0 atom stereocenters. The normalized spacial score (nSPS) is 11.2. The summed E-state index contributed by atoms with van der Waals surface area (Å²) in [5.74, 6) is 0. The third kappa shape index (κ3) is 9.14. The van der Waals surface area contributed by atoms with Crippen molar-refractivity contribution in [3.8, 4) is 123 Å². The van der Waals surface area contributed by atoms with Crippen LogP contribution in [0.25, 0.3) is 123 Å². The molecule has 0 aliphatic carbocycles. The smallest absolute Gasteiger partial charge is 0.0708 e. The number of rotatable bonds is 12. The van der Waals surface area contributed by atoms with Crippen LogP contribution in [0.3, 0.4) is 0 Å². The first-order valence-electron chi connectivity index (χ1n) is 25.6. The highest BCUT2D eigenvalue weighted by Gasteiger charge is 2.20. The molecular formula is C71H49N5. The average Bonchev–Trinajstić information content (AvgIpc) is 4.22. The molecule has 3 heterocycles. The lowest BCUT2D eigenvalue weighted by molar-refractivity contribution is 0.881. The van der Waals surface area contributed by atoms with E-state index in [0.717, 1.165) is 112 Å². The van der Waals surface area contributed by atoms with Crippen molar-refractivity contribution >= 4 is 0 Å². The predicted octanol–water partition coefficient (Wildman–Crippen LogP) is 18.1. The third-order valence-corrected chi connectivity index (χ3v) is 14.2. The van der Waals surface area contributed by atoms with Crippen molar-refractivity contribution in [1.82, 2.24) is 24.5 Å². The van der Waals surface area contributed by atoms with Crippen molar-refractivity contribution in [3.05, 3.63) is 298 Å². The number of aromatic nitrogens is 5. The second kappa shape index (κ2) is 20.3. The van der Waals surface area contributed by atoms with Gasteiger partial charge in [0.15, 0.2) is 0 Å². The third-order valence-electron chi connectivity index (χ3n) is 14.2. The molecule has 5 nitrogen and oxygen atoms in total. The van der Waals surface area contributed by atoms with E-state index in [2.05, 4.69) is 249 Å². The molecule has 0 aliphatic rings. The number of pyridine rings is 1. The molecule has 0 saturated carbocycles. The van der Waals surface area contributed by atoms with Gasteiger partial charge in [-0.2, -0.15) is 10.2 Å². The fourth-order valence-corrected chi connectivity index (χ4v) is 10.4. The Morgan fingerprint density at radius 1 is 0.211 bits per heavy atom. The number of nitrogens with zero attached hydrogens (tertiary/aromatic N) is 5. The maximum atomic E-state index is 5.22. The first kappa shape index (κ1) is 45.6. The van der Waals surface area contributed by atoms with Crippen molar-refractivity contribution < 1.29 is 0 Å². The first-order chi connectivity index (χ1) is 37.7. The Morgan fingerprint density at radius 2 is 0.566 bits per heavy atom. The van der Waals surface area contributed by atoms with Crippen LogP contribution in [0.5, 0.6) is 0 Å². The number of hydrogen-bond acceptors (Lipinski definition) is 3. The largest absolute Gasteiger partial charge is 0.256 e. The van der Waals surface area contributed by atoms with E-state index in [1.165, 1.54) is 11.1 Å². The Hall–Kier alpha value is -10.2. The summed E-state index contributed by atoms with van der Waals surface area (Å²) in [5.41, 5.74) is 23.8. The molecule has 10 aromatic carbocycles. The van der Waals surface area contributed by atoms with Crippen LogP contribution in [0, 0.1) is 0 Å². The first-order valence-corrected chi connectivity index (χ1v) is 25.6. The van der Waals surface area contributed by atoms with Crippen LogP contribution in [0.4, 0.5) is 0 Å². The quantitative estimate of drug-likeness (QED) is 0.123. The summed E-state index contributed by atoms with van der Waals surface area (Å²) in [4.78, 5) is 5.22. The number of hydrogen-bond donors (Lipinski definition) is 0. The zero-order valence-electron chi connectivity index (χ0n) is 41.5. The van der Waals surface area contributed by atoms with Crippen LogP contribution < -0.4 is 0 Å². The van der Waals surface area contributed by atoms with Gasteiger partial charge in [0.1, 0.15) is 0 Å². The van der Waals surface area contributed by atoms with Crippen molar-refractivity contribution in [3.63, 3.8) is 0 Å². The van der Waals surface area contributed by atoms with Crippen LogP contribution in [-0.4, -0.2) is 24.5 Å². The van der Waals surface area contributed by atoms with Gasteiger partial charge < -0.3 is 0 Å². The Balaban J connectivity index is 0.980. The fourth-order valence-electron chi connectivity index (χ4n) is 10.4. The van der Waals surface area contributed by atoms with E-state index < -0.39 is 0 Å². The van der Waals surface area contributed by atoms with Gasteiger partial charge in [-0.25, -0.2) is 9.36 Å². The lowest BCUT2D eigenvalue weighted by Gasteiger charge is -2.19. The molecule has 3 aromatic heterocycles. The van der Waals surface area contributed by atoms with Gasteiger partial charge in [0.25, 0.3) is 0 Å². The average molecular weight is 972 g/mol. The van der Waals surface area contributed by atoms with Crippen LogP contribution in [0.1, 0.15) is 0 Å². The van der Waals surface area contributed by atoms with Gasteiger partial charge in [-0.15, -0.1) is 0 Å². The molecule has 13 rings (SSSR count). The lowest BCUT2D eigenvalue weighted by Crippen LogP contribution is -1.95. The summed E-state index contributed by atoms with van der Waals surface area (Å²) < 4.78 is 3.89. The molecule has 13 aromatic rings. The Kier molecular flexibility index (Phi) is 12.2. The van der Waals surface area contributed by atoms with E-state index in [9.17, 15) is 0 Å². The van der Waals surface area contributed by atoms with Gasteiger partial charge in [-0.3, -0.25) is 4.98 Å². The van der Waals surface area contributed by atoms with E-state index >= 15 is 0 Å². The van der Waals surface area contributed by atoms with Crippen molar-refractivity contribution in [2.75, 3.05) is 0 Å². The summed E-state index contributed by atoms with van der Waals surface area (Å²) in [6.07, 6.45) is 10.2. The van der Waals surface area contributed by atoms with Gasteiger partial charge in [-0.1, -0.05) is 212 Å². The molecule has 0 aliphatic heterocycles. The molecule has 358 valence electrons. The second-order valence-corrected chi connectivity index (χ2v) is 19.0. The van der Waals surface area contributed by atoms with Crippen molar-refractivity contribution in [2.45, 2.75) is 0 Å². The molecule has 0 saturated heterocycles. The highest BCUT2D eigenvalue weighted by molar-refractivity contribution is 5.97. The maximum absolute atomic E-state index is 5.22. The molecule has 0 amide bonds. The molecule has 0 fully saturated rings. The molecule has 0 unspecified atom stereocenters. The highest BCUT2D eigenvalue weighted by Crippen LogP contribution is 2.45. The maximum Gasteiger partial charge on any atom is 0.0708 e. The van der Waals surface area contributed by atoms with Crippen molar-refractivity contribution in [1.29, 1.82) is 0 Å². The molecular weight excluding hydrogens is 923 g/mol. The summed E-state index contributed by atoms with van der Waals surface area (Å²) >= 11 is 0. The summed E-state index contributed by atoms with van der Waals surface area (Å²) in [5, 5.41) is 9.68. The lowest BCUT2D eigenvalue weighted by atomic mass is 9.85. The number of para-hydroxylation sites is 2. The van der Waals surface area contributed by atoms with Crippen LogP contribution in [0.2, 0.25) is 0 Å². The fraction of sp³-hybridized carbons (Fsp3) is 0. The van der Waals surface area contributed by atoms with E-state index in [1.54, 1.807) is 0 Å². The Morgan fingerprint density at radius 3 is 1.07 bits per heavy atom. The zero-order valence-corrected chi connectivity index (χ0v) is 41.5. The molecule has 0 N–H and O–H groups in total. The SMILES string of the molecule is c1ccc(-c2ccc(-c3cccc(-c4cc(-c5ccccc5)ncc4-c4ccccc4-c4cc(-c5ccccc5-c5cnn(-c6ccccc6)c5)cc(-c5ccccc5-c5cnn(-c6ccccc6)c5)c4)c3)cc2)cc1. The van der Waals surface area contributed by atoms with E-state index in [1.807, 2.05) is 58.2 Å². The summed E-state index contributed by atoms with van der Waals surface area (Å²) in [7, 11) is 0. The minimum Gasteiger partial charge on any atom is -0.256 e. The van der Waals surface area contributed by atoms with Gasteiger partial charge >= 0.3 is 0 Å². The molecule has 5 heteroatoms. The predicted molar refractivity (Wildman–Crippen MR) is 313 cm³/mol. The van der Waals surface area contributed by atoms with E-state index in [-0.39, 0.29) is 0 Å². The number of benzene rings is 10. The summed E-state index contributed by atoms with van der Waals surface area (Å²) in [6.45, 7) is 0. The van der Waals surface area contributed by atoms with Crippen LogP contribution >= 0.6 is 0 Å². The van der Waals surface area contributed by atoms with Gasteiger partial charge in [-0.05, 0) is 138 Å². The van der Waals surface area contributed by atoms with Crippen molar-refractivity contribution in [2.24, 2.45) is 0 Å². The molecule has 0 spiro atoms. The van der Waals surface area contributed by atoms with Gasteiger partial charge in [0, 0.05) is 40.8 Å². The minimum atomic E-state index is 0.915. The summed E-state index contributed by atoms with van der Waals surface area (Å²) in [6, 6.07) is 94.8. The Bertz CT molecular complexity index is 4000. The topological polar surface area (TPSA) is 48.5 Å². The highest BCUT2D eigenvalue weighted by atomic mass is 15.3. The van der Waals surface area contributed by atoms with E-state index in [0.29, 0.717) is 0 Å². The molecule has 0 radical (unpaired) electrons. The van der Waals surface area contributed by atoms with Gasteiger partial charge in [0.2, 0.25) is 0 Å². The van der Waals surface area contributed by atoms with Gasteiger partial charge in [0.05, 0.1) is 29.5 Å². The monoisotopic (exact) mass is 971 g/mol. The standard InChI is InChI=1S/C71H49N5/c1-5-20-50(21-6-1)51-36-38-52(39-37-51)54-24-19-25-55(40-54)69-44-71(53-22-7-2-8-23-53)72-47-70(69)68-35-18-17-32-65(68)58-42-56(63-30-13-15-33-66(63)59-45-73-75(48-59)61-26-9-3-10-27-61)41-57(43-58)64-31-14-16-34-67(64)60-46-74-76(49-60)62-28-11-4-12-29-62/h1-49H. The Labute approximate surface area is 443 Å². The van der Waals surface area contributed by atoms with Crippen LogP contribution in [-0.2, 0) is 0 Å². The minimum absolute atomic E-state index is 0.915. The van der Waals surface area contributed by atoms with Crippen LogP contribution in [0.15, 0.2) is 298 Å². The second-order valence-electron chi connectivity index (χ2n) is 19.0. The zero-order chi connectivity index (χ0) is 50.6.